The molecule has 0 radical (unpaired) electrons. The predicted molar refractivity (Wildman–Crippen MR) is 109 cm³/mol. The number of fused-ring (bicyclic) bond motifs is 1. The van der Waals surface area contributed by atoms with Crippen LogP contribution in [0.1, 0.15) is 42.6 Å². The second kappa shape index (κ2) is 8.29. The highest BCUT2D eigenvalue weighted by Gasteiger charge is 2.14. The van der Waals surface area contributed by atoms with Crippen LogP contribution in [0.2, 0.25) is 0 Å². The van der Waals surface area contributed by atoms with E-state index >= 15 is 0 Å². The molecule has 1 saturated carbocycles. The molecule has 4 rings (SSSR count). The molecule has 0 bridgehead atoms. The molecule has 0 atom stereocenters. The van der Waals surface area contributed by atoms with Gasteiger partial charge in [0.2, 0.25) is 5.95 Å². The van der Waals surface area contributed by atoms with Crippen LogP contribution < -0.4 is 15.4 Å². The summed E-state index contributed by atoms with van der Waals surface area (Å²) in [5.41, 5.74) is 2.11. The van der Waals surface area contributed by atoms with Crippen LogP contribution in [0.15, 0.2) is 36.5 Å². The Hall–Kier alpha value is -3.09. The van der Waals surface area contributed by atoms with Crippen molar-refractivity contribution in [2.24, 2.45) is 5.92 Å². The summed E-state index contributed by atoms with van der Waals surface area (Å²) in [5.74, 6) is 2.51. The first kappa shape index (κ1) is 18.3. The van der Waals surface area contributed by atoms with E-state index in [0.717, 1.165) is 29.4 Å². The predicted octanol–water partition coefficient (Wildman–Crippen LogP) is 4.10. The Morgan fingerprint density at radius 2 is 2.00 bits per heavy atom. The van der Waals surface area contributed by atoms with Crippen LogP contribution in [0.3, 0.4) is 0 Å². The average Bonchev–Trinajstić information content (AvgIpc) is 3.15. The number of nitrogens with one attached hydrogen (secondary N) is 3. The zero-order valence-corrected chi connectivity index (χ0v) is 16.0. The van der Waals surface area contributed by atoms with E-state index in [9.17, 15) is 4.79 Å². The summed E-state index contributed by atoms with van der Waals surface area (Å²) in [6, 6.07) is 9.05. The third-order valence-electron chi connectivity index (χ3n) is 5.16. The summed E-state index contributed by atoms with van der Waals surface area (Å²) in [7, 11) is 1.57. The zero-order chi connectivity index (χ0) is 19.3. The van der Waals surface area contributed by atoms with Crippen molar-refractivity contribution < 1.29 is 9.53 Å². The molecule has 0 unspecified atom stereocenters. The van der Waals surface area contributed by atoms with E-state index in [1.807, 2.05) is 18.2 Å². The Balaban J connectivity index is 1.45. The van der Waals surface area contributed by atoms with Gasteiger partial charge in [0.1, 0.15) is 17.2 Å². The highest BCUT2D eigenvalue weighted by Crippen LogP contribution is 2.27. The molecule has 0 saturated heterocycles. The highest BCUT2D eigenvalue weighted by molar-refractivity contribution is 5.92. The maximum absolute atomic E-state index is 11.7. The van der Waals surface area contributed by atoms with E-state index in [-0.39, 0.29) is 5.91 Å². The van der Waals surface area contributed by atoms with Crippen molar-refractivity contribution in [3.8, 4) is 11.5 Å². The number of aromatic nitrogens is 3. The minimum absolute atomic E-state index is 0.247. The summed E-state index contributed by atoms with van der Waals surface area (Å²) >= 11 is 0. The maximum atomic E-state index is 11.7. The molecule has 3 N–H and O–H groups in total. The number of aromatic amines is 1. The first-order chi connectivity index (χ1) is 13.7. The Morgan fingerprint density at radius 1 is 1.18 bits per heavy atom. The average molecular weight is 379 g/mol. The molecule has 28 heavy (non-hydrogen) atoms. The largest absolute Gasteiger partial charge is 0.457 e. The second-order valence-corrected chi connectivity index (χ2v) is 7.21. The fourth-order valence-corrected chi connectivity index (χ4v) is 3.63. The van der Waals surface area contributed by atoms with Crippen molar-refractivity contribution in [2.75, 3.05) is 18.9 Å². The van der Waals surface area contributed by atoms with Crippen LogP contribution in [0.4, 0.5) is 5.95 Å². The number of nitrogens with zero attached hydrogens (tertiary/aromatic N) is 2. The molecule has 0 spiro atoms. The van der Waals surface area contributed by atoms with Gasteiger partial charge in [-0.3, -0.25) is 9.78 Å². The van der Waals surface area contributed by atoms with Crippen molar-refractivity contribution in [3.63, 3.8) is 0 Å². The first-order valence-corrected chi connectivity index (χ1v) is 9.81. The van der Waals surface area contributed by atoms with Gasteiger partial charge < -0.3 is 20.4 Å². The molecule has 2 heterocycles. The molecule has 3 aromatic rings. The third kappa shape index (κ3) is 4.24. The van der Waals surface area contributed by atoms with Gasteiger partial charge in [0.05, 0.1) is 11.0 Å². The van der Waals surface area contributed by atoms with Gasteiger partial charge in [-0.1, -0.05) is 19.3 Å². The van der Waals surface area contributed by atoms with E-state index in [0.29, 0.717) is 17.2 Å². The highest BCUT2D eigenvalue weighted by atomic mass is 16.5. The summed E-state index contributed by atoms with van der Waals surface area (Å²) in [5, 5.41) is 6.00. The summed E-state index contributed by atoms with van der Waals surface area (Å²) in [6.45, 7) is 0.961. The van der Waals surface area contributed by atoms with Crippen LogP contribution in [-0.2, 0) is 0 Å². The molecule has 7 nitrogen and oxygen atoms in total. The normalized spacial score (nSPS) is 14.8. The van der Waals surface area contributed by atoms with Crippen molar-refractivity contribution in [3.05, 3.63) is 42.2 Å². The Bertz CT molecular complexity index is 962. The molecule has 1 aliphatic carbocycles. The molecule has 1 amide bonds. The van der Waals surface area contributed by atoms with E-state index < -0.39 is 0 Å². The van der Waals surface area contributed by atoms with E-state index in [1.165, 1.54) is 32.1 Å². The van der Waals surface area contributed by atoms with Crippen molar-refractivity contribution >= 4 is 22.9 Å². The topological polar surface area (TPSA) is 91.9 Å². The molecule has 1 aromatic carbocycles. The van der Waals surface area contributed by atoms with Crippen LogP contribution in [0, 0.1) is 5.92 Å². The molecule has 0 aliphatic heterocycles. The fraction of sp³-hybridized carbons (Fsp3) is 0.381. The monoisotopic (exact) mass is 379 g/mol. The van der Waals surface area contributed by atoms with Gasteiger partial charge in [0, 0.05) is 31.9 Å². The van der Waals surface area contributed by atoms with Crippen LogP contribution in [0.25, 0.3) is 11.0 Å². The first-order valence-electron chi connectivity index (χ1n) is 9.81. The minimum Gasteiger partial charge on any atom is -0.457 e. The van der Waals surface area contributed by atoms with Gasteiger partial charge in [0.15, 0.2) is 0 Å². The van der Waals surface area contributed by atoms with Gasteiger partial charge in [-0.05, 0) is 37.0 Å². The van der Waals surface area contributed by atoms with E-state index in [2.05, 4.69) is 25.6 Å². The lowest BCUT2D eigenvalue weighted by Gasteiger charge is -2.21. The van der Waals surface area contributed by atoms with Crippen LogP contribution in [-0.4, -0.2) is 34.5 Å². The number of benzene rings is 1. The molecule has 7 heteroatoms. The number of carbonyl (C=O) groups excluding carboxylic acids is 1. The third-order valence-corrected chi connectivity index (χ3v) is 5.16. The lowest BCUT2D eigenvalue weighted by atomic mass is 9.89. The summed E-state index contributed by atoms with van der Waals surface area (Å²) in [6.07, 6.45) is 8.20. The van der Waals surface area contributed by atoms with Gasteiger partial charge in [-0.2, -0.15) is 0 Å². The number of hydrogen-bond donors (Lipinski definition) is 3. The maximum Gasteiger partial charge on any atom is 0.269 e. The standard InChI is InChI=1S/C21H25N5O2/c1-22-20(27)19-12-16(9-10-23-19)28-15-7-8-17-18(11-15)26-21(25-17)24-13-14-5-3-2-4-6-14/h7-12,14H,2-6,13H2,1H3,(H,22,27)(H2,24,25,26). The number of carbonyl (C=O) groups is 1. The molecular weight excluding hydrogens is 354 g/mol. The molecule has 2 aromatic heterocycles. The van der Waals surface area contributed by atoms with E-state index in [1.54, 1.807) is 25.4 Å². The van der Waals surface area contributed by atoms with Crippen molar-refractivity contribution in [1.82, 2.24) is 20.3 Å². The Kier molecular flexibility index (Phi) is 5.41. The second-order valence-electron chi connectivity index (χ2n) is 7.21. The molecule has 146 valence electrons. The molecular formula is C21H25N5O2. The summed E-state index contributed by atoms with van der Waals surface area (Å²) in [4.78, 5) is 23.7. The molecule has 1 fully saturated rings. The van der Waals surface area contributed by atoms with Crippen molar-refractivity contribution in [1.29, 1.82) is 0 Å². The number of rotatable bonds is 6. The summed E-state index contributed by atoms with van der Waals surface area (Å²) < 4.78 is 5.90. The van der Waals surface area contributed by atoms with Crippen LogP contribution in [0.5, 0.6) is 11.5 Å². The number of anilines is 1. The van der Waals surface area contributed by atoms with E-state index in [4.69, 9.17) is 4.74 Å². The van der Waals surface area contributed by atoms with Gasteiger partial charge >= 0.3 is 0 Å². The number of pyridine rings is 1. The van der Waals surface area contributed by atoms with Crippen LogP contribution >= 0.6 is 0 Å². The minimum atomic E-state index is -0.247. The number of ether oxygens (including phenoxy) is 1. The number of H-pyrrole nitrogens is 1. The lowest BCUT2D eigenvalue weighted by Crippen LogP contribution is -2.18. The fourth-order valence-electron chi connectivity index (χ4n) is 3.63. The number of hydrogen-bond acceptors (Lipinski definition) is 5. The van der Waals surface area contributed by atoms with Gasteiger partial charge in [-0.25, -0.2) is 4.98 Å². The quantitative estimate of drug-likeness (QED) is 0.600. The van der Waals surface area contributed by atoms with Crippen molar-refractivity contribution in [2.45, 2.75) is 32.1 Å². The zero-order valence-electron chi connectivity index (χ0n) is 16.0. The Morgan fingerprint density at radius 3 is 2.82 bits per heavy atom. The smallest absolute Gasteiger partial charge is 0.269 e. The van der Waals surface area contributed by atoms with Gasteiger partial charge in [-0.15, -0.1) is 0 Å². The number of imidazole rings is 1. The molecule has 1 aliphatic rings. The lowest BCUT2D eigenvalue weighted by molar-refractivity contribution is 0.0958. The number of amides is 1. The SMILES string of the molecule is CNC(=O)c1cc(Oc2ccc3nc(NCC4CCCCC4)[nH]c3c2)ccn1. The Labute approximate surface area is 163 Å². The van der Waals surface area contributed by atoms with Gasteiger partial charge in [0.25, 0.3) is 5.91 Å².